The van der Waals surface area contributed by atoms with Gasteiger partial charge in [-0.15, -0.1) is 0 Å². The fourth-order valence-corrected chi connectivity index (χ4v) is 4.60. The van der Waals surface area contributed by atoms with Gasteiger partial charge in [0.15, 0.2) is 0 Å². The first-order valence-corrected chi connectivity index (χ1v) is 9.04. The van der Waals surface area contributed by atoms with E-state index in [1.807, 2.05) is 20.8 Å². The predicted molar refractivity (Wildman–Crippen MR) is 88.5 cm³/mol. The first kappa shape index (κ1) is 15.2. The van der Waals surface area contributed by atoms with Crippen molar-refractivity contribution in [2.45, 2.75) is 50.8 Å². The number of fused-ring (bicyclic) bond motifs is 1. The molecule has 0 saturated carbocycles. The van der Waals surface area contributed by atoms with Crippen molar-refractivity contribution in [2.24, 2.45) is 5.41 Å². The quantitative estimate of drug-likeness (QED) is 0.882. The van der Waals surface area contributed by atoms with Crippen LogP contribution in [0.5, 0.6) is 0 Å². The molecule has 1 aromatic carbocycles. The monoisotopic (exact) mass is 306 g/mol. The SMILES string of the molecule is CC(C)(C)[S@@](=O)NC1c2ccccc2CC12CCNCC2. The number of hydrogen-bond acceptors (Lipinski definition) is 2. The van der Waals surface area contributed by atoms with E-state index >= 15 is 0 Å². The zero-order chi connectivity index (χ0) is 15.1. The summed E-state index contributed by atoms with van der Waals surface area (Å²) in [6.45, 7) is 8.23. The van der Waals surface area contributed by atoms with Gasteiger partial charge in [0, 0.05) is 0 Å². The van der Waals surface area contributed by atoms with Crippen LogP contribution in [-0.4, -0.2) is 22.0 Å². The zero-order valence-electron chi connectivity index (χ0n) is 13.2. The number of nitrogens with one attached hydrogen (secondary N) is 2. The smallest absolute Gasteiger partial charge is 0.0976 e. The summed E-state index contributed by atoms with van der Waals surface area (Å²) < 4.78 is 15.9. The third-order valence-corrected chi connectivity index (χ3v) is 6.46. The van der Waals surface area contributed by atoms with E-state index in [0.29, 0.717) is 0 Å². The van der Waals surface area contributed by atoms with Crippen LogP contribution in [0.1, 0.15) is 50.8 Å². The van der Waals surface area contributed by atoms with Crippen molar-refractivity contribution in [1.82, 2.24) is 10.0 Å². The normalized spacial score (nSPS) is 25.8. The Labute approximate surface area is 130 Å². The lowest BCUT2D eigenvalue weighted by atomic mass is 9.73. The van der Waals surface area contributed by atoms with Crippen molar-refractivity contribution in [3.63, 3.8) is 0 Å². The topological polar surface area (TPSA) is 41.1 Å². The van der Waals surface area contributed by atoms with Crippen LogP contribution in [0.25, 0.3) is 0 Å². The van der Waals surface area contributed by atoms with Crippen molar-refractivity contribution < 1.29 is 4.21 Å². The minimum absolute atomic E-state index is 0.218. The molecule has 2 atom stereocenters. The molecule has 0 bridgehead atoms. The summed E-state index contributed by atoms with van der Waals surface area (Å²) in [7, 11) is -1.03. The first-order chi connectivity index (χ1) is 9.92. The van der Waals surface area contributed by atoms with Crippen LogP contribution in [0.2, 0.25) is 0 Å². The standard InChI is InChI=1S/C17H26N2OS/c1-16(2,3)21(20)19-15-14-7-5-4-6-13(14)12-17(15)8-10-18-11-9-17/h4-7,15,18-19H,8-12H2,1-3H3/t15?,21-/m1/s1. The second-order valence-electron chi connectivity index (χ2n) is 7.42. The summed E-state index contributed by atoms with van der Waals surface area (Å²) in [4.78, 5) is 0. The zero-order valence-corrected chi connectivity index (χ0v) is 14.1. The van der Waals surface area contributed by atoms with E-state index in [0.717, 1.165) is 32.4 Å². The van der Waals surface area contributed by atoms with Crippen molar-refractivity contribution in [1.29, 1.82) is 0 Å². The number of piperidine rings is 1. The van der Waals surface area contributed by atoms with Crippen LogP contribution in [0.3, 0.4) is 0 Å². The second kappa shape index (κ2) is 5.49. The fraction of sp³-hybridized carbons (Fsp3) is 0.647. The average molecular weight is 306 g/mol. The third kappa shape index (κ3) is 2.81. The Bertz CT molecular complexity index is 544. The van der Waals surface area contributed by atoms with Crippen LogP contribution >= 0.6 is 0 Å². The molecular weight excluding hydrogens is 280 g/mol. The molecule has 3 rings (SSSR count). The first-order valence-electron chi connectivity index (χ1n) is 7.89. The van der Waals surface area contributed by atoms with Crippen molar-refractivity contribution in [3.8, 4) is 0 Å². The highest BCUT2D eigenvalue weighted by Gasteiger charge is 2.47. The van der Waals surface area contributed by atoms with E-state index in [2.05, 4.69) is 34.3 Å². The lowest BCUT2D eigenvalue weighted by Gasteiger charge is -2.40. The molecule has 2 aliphatic rings. The van der Waals surface area contributed by atoms with E-state index < -0.39 is 11.0 Å². The molecule has 1 unspecified atom stereocenters. The number of hydrogen-bond donors (Lipinski definition) is 2. The Morgan fingerprint density at radius 2 is 1.90 bits per heavy atom. The summed E-state index contributed by atoms with van der Waals surface area (Å²) in [6.07, 6.45) is 3.42. The van der Waals surface area contributed by atoms with Gasteiger partial charge in [-0.25, -0.2) is 8.93 Å². The van der Waals surface area contributed by atoms with Crippen molar-refractivity contribution in [2.75, 3.05) is 13.1 Å². The van der Waals surface area contributed by atoms with Gasteiger partial charge in [-0.3, -0.25) is 0 Å². The van der Waals surface area contributed by atoms with E-state index in [1.54, 1.807) is 0 Å². The minimum atomic E-state index is -1.03. The highest BCUT2D eigenvalue weighted by molar-refractivity contribution is 7.84. The largest absolute Gasteiger partial charge is 0.317 e. The molecule has 1 fully saturated rings. The van der Waals surface area contributed by atoms with E-state index in [1.165, 1.54) is 11.1 Å². The van der Waals surface area contributed by atoms with Gasteiger partial charge in [0.05, 0.1) is 21.8 Å². The Hall–Kier alpha value is -0.710. The molecule has 0 radical (unpaired) electrons. The van der Waals surface area contributed by atoms with Gasteiger partial charge < -0.3 is 5.32 Å². The van der Waals surface area contributed by atoms with E-state index in [9.17, 15) is 4.21 Å². The fourth-order valence-electron chi connectivity index (χ4n) is 3.65. The molecule has 116 valence electrons. The molecule has 21 heavy (non-hydrogen) atoms. The second-order valence-corrected chi connectivity index (χ2v) is 9.42. The van der Waals surface area contributed by atoms with Gasteiger partial charge in [-0.2, -0.15) is 0 Å². The van der Waals surface area contributed by atoms with Crippen LogP contribution in [0.15, 0.2) is 24.3 Å². The maximum Gasteiger partial charge on any atom is 0.0976 e. The highest BCUT2D eigenvalue weighted by atomic mass is 32.2. The van der Waals surface area contributed by atoms with Gasteiger partial charge in [0.25, 0.3) is 0 Å². The maximum absolute atomic E-state index is 12.6. The van der Waals surface area contributed by atoms with Crippen LogP contribution in [-0.2, 0) is 17.4 Å². The Morgan fingerprint density at radius 1 is 1.24 bits per heavy atom. The molecule has 1 heterocycles. The third-order valence-electron chi connectivity index (χ3n) is 4.90. The highest BCUT2D eigenvalue weighted by Crippen LogP contribution is 2.51. The van der Waals surface area contributed by atoms with Crippen LogP contribution in [0.4, 0.5) is 0 Å². The molecule has 1 spiro atoms. The maximum atomic E-state index is 12.6. The predicted octanol–water partition coefficient (Wildman–Crippen LogP) is 2.71. The van der Waals surface area contributed by atoms with Crippen molar-refractivity contribution in [3.05, 3.63) is 35.4 Å². The molecule has 3 nitrogen and oxygen atoms in total. The lowest BCUT2D eigenvalue weighted by molar-refractivity contribution is 0.165. The van der Waals surface area contributed by atoms with Crippen LogP contribution < -0.4 is 10.0 Å². The van der Waals surface area contributed by atoms with Gasteiger partial charge in [-0.05, 0) is 69.7 Å². The summed E-state index contributed by atoms with van der Waals surface area (Å²) in [6, 6.07) is 8.89. The molecule has 1 saturated heterocycles. The Balaban J connectivity index is 1.94. The number of rotatable bonds is 2. The van der Waals surface area contributed by atoms with Gasteiger partial charge in [-0.1, -0.05) is 24.3 Å². The number of benzene rings is 1. The Kier molecular flexibility index (Phi) is 3.97. The summed E-state index contributed by atoms with van der Waals surface area (Å²) in [5, 5.41) is 3.46. The van der Waals surface area contributed by atoms with Gasteiger partial charge in [0.1, 0.15) is 0 Å². The molecule has 2 N–H and O–H groups in total. The van der Waals surface area contributed by atoms with E-state index in [-0.39, 0.29) is 16.2 Å². The summed E-state index contributed by atoms with van der Waals surface area (Å²) in [5.41, 5.74) is 3.02. The molecule has 0 amide bonds. The van der Waals surface area contributed by atoms with Gasteiger partial charge >= 0.3 is 0 Å². The summed E-state index contributed by atoms with van der Waals surface area (Å²) >= 11 is 0. The molecule has 4 heteroatoms. The molecular formula is C17H26N2OS. The summed E-state index contributed by atoms with van der Waals surface area (Å²) in [5.74, 6) is 0. The van der Waals surface area contributed by atoms with E-state index in [4.69, 9.17) is 0 Å². The van der Waals surface area contributed by atoms with Crippen molar-refractivity contribution >= 4 is 11.0 Å². The molecule has 0 aromatic heterocycles. The molecule has 1 aliphatic carbocycles. The van der Waals surface area contributed by atoms with Crippen LogP contribution in [0, 0.1) is 5.41 Å². The molecule has 1 aliphatic heterocycles. The molecule has 1 aromatic rings. The van der Waals surface area contributed by atoms with Gasteiger partial charge in [0.2, 0.25) is 0 Å². The Morgan fingerprint density at radius 3 is 2.57 bits per heavy atom. The average Bonchev–Trinajstić information content (AvgIpc) is 2.72. The lowest BCUT2D eigenvalue weighted by Crippen LogP contribution is -2.46. The minimum Gasteiger partial charge on any atom is -0.317 e.